The van der Waals surface area contributed by atoms with E-state index in [2.05, 4.69) is 39.1 Å². The van der Waals surface area contributed by atoms with E-state index in [-0.39, 0.29) is 12.1 Å². The number of amides is 2. The van der Waals surface area contributed by atoms with Crippen molar-refractivity contribution in [2.75, 3.05) is 39.4 Å². The molecule has 2 N–H and O–H groups in total. The summed E-state index contributed by atoms with van der Waals surface area (Å²) in [6.07, 6.45) is 0.872. The van der Waals surface area contributed by atoms with Crippen molar-refractivity contribution in [2.24, 2.45) is 0 Å². The van der Waals surface area contributed by atoms with Crippen molar-refractivity contribution in [1.29, 1.82) is 0 Å². The number of urea groups is 1. The van der Waals surface area contributed by atoms with Gasteiger partial charge in [0.25, 0.3) is 0 Å². The van der Waals surface area contributed by atoms with Crippen molar-refractivity contribution in [3.05, 3.63) is 58.3 Å². The molecule has 3 rings (SSSR count). The van der Waals surface area contributed by atoms with E-state index >= 15 is 0 Å². The summed E-state index contributed by atoms with van der Waals surface area (Å²) in [5.74, 6) is 0. The number of rotatable bonds is 7. The molecule has 0 unspecified atom stereocenters. The van der Waals surface area contributed by atoms with E-state index in [9.17, 15) is 4.79 Å². The lowest BCUT2D eigenvalue weighted by molar-refractivity contribution is 0.0167. The summed E-state index contributed by atoms with van der Waals surface area (Å²) in [7, 11) is 0. The number of morpholine rings is 1. The van der Waals surface area contributed by atoms with Crippen LogP contribution in [0.2, 0.25) is 0 Å². The summed E-state index contributed by atoms with van der Waals surface area (Å²) in [4.78, 5) is 15.8. The smallest absolute Gasteiger partial charge is 0.314 e. The molecule has 0 radical (unpaired) electrons. The first-order valence-corrected chi connectivity index (χ1v) is 9.62. The van der Waals surface area contributed by atoms with Gasteiger partial charge in [-0.1, -0.05) is 36.4 Å². The third-order valence-electron chi connectivity index (χ3n) is 4.36. The number of hydrogen-bond acceptors (Lipinski definition) is 4. The Balaban J connectivity index is 1.50. The van der Waals surface area contributed by atoms with Gasteiger partial charge in [-0.2, -0.15) is 0 Å². The molecule has 1 atom stereocenters. The van der Waals surface area contributed by atoms with Gasteiger partial charge in [-0.25, -0.2) is 4.79 Å². The first-order valence-electron chi connectivity index (χ1n) is 8.74. The number of ether oxygens (including phenoxy) is 1. The van der Waals surface area contributed by atoms with Crippen molar-refractivity contribution in [3.8, 4) is 0 Å². The maximum Gasteiger partial charge on any atom is 0.314 e. The number of benzene rings is 1. The predicted molar refractivity (Wildman–Crippen MR) is 101 cm³/mol. The molecule has 134 valence electrons. The van der Waals surface area contributed by atoms with Gasteiger partial charge in [-0.3, -0.25) is 4.90 Å². The number of carbonyl (C=O) groups is 1. The number of carbonyl (C=O) groups excluding carboxylic acids is 1. The minimum Gasteiger partial charge on any atom is -0.379 e. The zero-order valence-electron chi connectivity index (χ0n) is 14.3. The third kappa shape index (κ3) is 5.56. The molecule has 1 aliphatic rings. The van der Waals surface area contributed by atoms with Crippen LogP contribution in [0.3, 0.4) is 0 Å². The van der Waals surface area contributed by atoms with Gasteiger partial charge < -0.3 is 15.4 Å². The minimum absolute atomic E-state index is 0.106. The monoisotopic (exact) mass is 359 g/mol. The molecule has 25 heavy (non-hydrogen) atoms. The predicted octanol–water partition coefficient (Wildman–Crippen LogP) is 2.66. The minimum atomic E-state index is -0.106. The zero-order valence-corrected chi connectivity index (χ0v) is 15.1. The Bertz CT molecular complexity index is 627. The summed E-state index contributed by atoms with van der Waals surface area (Å²) < 4.78 is 5.46. The summed E-state index contributed by atoms with van der Waals surface area (Å²) >= 11 is 1.72. The standard InChI is InChI=1S/C19H25N3O2S/c23-19(20-9-8-17-7-4-14-25-17)21-15-18(16-5-2-1-3-6-16)22-10-12-24-13-11-22/h1-7,14,18H,8-13,15H2,(H2,20,21,23)/t18-/m0/s1. The van der Waals surface area contributed by atoms with Crippen LogP contribution in [-0.2, 0) is 11.2 Å². The molecule has 0 aliphatic carbocycles. The van der Waals surface area contributed by atoms with Gasteiger partial charge in [0.05, 0.1) is 19.3 Å². The highest BCUT2D eigenvalue weighted by Crippen LogP contribution is 2.20. The Morgan fingerprint density at radius 2 is 1.92 bits per heavy atom. The van der Waals surface area contributed by atoms with Gasteiger partial charge in [0, 0.05) is 31.1 Å². The van der Waals surface area contributed by atoms with Crippen LogP contribution in [-0.4, -0.2) is 50.3 Å². The Morgan fingerprint density at radius 1 is 1.12 bits per heavy atom. The van der Waals surface area contributed by atoms with Crippen LogP contribution in [0, 0.1) is 0 Å². The molecule has 1 fully saturated rings. The first-order chi connectivity index (χ1) is 12.3. The fourth-order valence-corrected chi connectivity index (χ4v) is 3.74. The maximum absolute atomic E-state index is 12.1. The van der Waals surface area contributed by atoms with Crippen LogP contribution in [0.15, 0.2) is 47.8 Å². The maximum atomic E-state index is 12.1. The molecule has 1 aromatic heterocycles. The number of thiophene rings is 1. The highest BCUT2D eigenvalue weighted by Gasteiger charge is 2.22. The van der Waals surface area contributed by atoms with E-state index in [1.807, 2.05) is 24.3 Å². The highest BCUT2D eigenvalue weighted by molar-refractivity contribution is 7.09. The van der Waals surface area contributed by atoms with Gasteiger partial charge in [-0.15, -0.1) is 11.3 Å². The van der Waals surface area contributed by atoms with E-state index in [1.54, 1.807) is 11.3 Å². The van der Waals surface area contributed by atoms with Crippen LogP contribution in [0.1, 0.15) is 16.5 Å². The average molecular weight is 359 g/mol. The van der Waals surface area contributed by atoms with Gasteiger partial charge in [0.2, 0.25) is 0 Å². The van der Waals surface area contributed by atoms with Crippen molar-refractivity contribution >= 4 is 17.4 Å². The van der Waals surface area contributed by atoms with Gasteiger partial charge in [-0.05, 0) is 23.4 Å². The highest BCUT2D eigenvalue weighted by atomic mass is 32.1. The fourth-order valence-electron chi connectivity index (χ4n) is 3.03. The molecule has 0 bridgehead atoms. The lowest BCUT2D eigenvalue weighted by atomic mass is 10.0. The average Bonchev–Trinajstić information content (AvgIpc) is 3.17. The second-order valence-electron chi connectivity index (χ2n) is 6.04. The largest absolute Gasteiger partial charge is 0.379 e. The van der Waals surface area contributed by atoms with Crippen LogP contribution in [0.4, 0.5) is 4.79 Å². The number of hydrogen-bond donors (Lipinski definition) is 2. The molecular formula is C19H25N3O2S. The van der Waals surface area contributed by atoms with E-state index in [1.165, 1.54) is 10.4 Å². The molecule has 2 heterocycles. The Hall–Kier alpha value is -1.89. The lowest BCUT2D eigenvalue weighted by Gasteiger charge is -2.34. The van der Waals surface area contributed by atoms with Crippen molar-refractivity contribution in [1.82, 2.24) is 15.5 Å². The van der Waals surface area contributed by atoms with Crippen molar-refractivity contribution < 1.29 is 9.53 Å². The molecule has 0 spiro atoms. The van der Waals surface area contributed by atoms with Crippen molar-refractivity contribution in [3.63, 3.8) is 0 Å². The quantitative estimate of drug-likeness (QED) is 0.799. The third-order valence-corrected chi connectivity index (χ3v) is 5.30. The SMILES string of the molecule is O=C(NCCc1cccs1)NC[C@@H](c1ccccc1)N1CCOCC1. The summed E-state index contributed by atoms with van der Waals surface area (Å²) in [5.41, 5.74) is 1.23. The summed E-state index contributed by atoms with van der Waals surface area (Å²) in [6, 6.07) is 14.5. The molecule has 1 aromatic carbocycles. The first kappa shape index (κ1) is 17.9. The van der Waals surface area contributed by atoms with Crippen LogP contribution >= 0.6 is 11.3 Å². The van der Waals surface area contributed by atoms with Crippen LogP contribution in [0.5, 0.6) is 0 Å². The Kier molecular flexibility index (Phi) is 6.85. The van der Waals surface area contributed by atoms with E-state index in [4.69, 9.17) is 4.74 Å². The molecule has 6 heteroatoms. The Labute approximate surface area is 153 Å². The molecule has 0 saturated carbocycles. The van der Waals surface area contributed by atoms with E-state index in [0.29, 0.717) is 13.1 Å². The lowest BCUT2D eigenvalue weighted by Crippen LogP contribution is -2.46. The van der Waals surface area contributed by atoms with E-state index in [0.717, 1.165) is 32.7 Å². The normalized spacial score (nSPS) is 16.3. The topological polar surface area (TPSA) is 53.6 Å². The molecule has 5 nitrogen and oxygen atoms in total. The number of nitrogens with one attached hydrogen (secondary N) is 2. The van der Waals surface area contributed by atoms with E-state index < -0.39 is 0 Å². The van der Waals surface area contributed by atoms with Crippen LogP contribution < -0.4 is 10.6 Å². The van der Waals surface area contributed by atoms with Crippen LogP contribution in [0.25, 0.3) is 0 Å². The number of nitrogens with zero attached hydrogens (tertiary/aromatic N) is 1. The fraction of sp³-hybridized carbons (Fsp3) is 0.421. The molecular weight excluding hydrogens is 334 g/mol. The molecule has 2 aromatic rings. The second kappa shape index (κ2) is 9.56. The summed E-state index contributed by atoms with van der Waals surface area (Å²) in [6.45, 7) is 4.52. The van der Waals surface area contributed by atoms with Crippen molar-refractivity contribution in [2.45, 2.75) is 12.5 Å². The second-order valence-corrected chi connectivity index (χ2v) is 7.07. The molecule has 1 aliphatic heterocycles. The van der Waals surface area contributed by atoms with Gasteiger partial charge in [0.1, 0.15) is 0 Å². The van der Waals surface area contributed by atoms with Gasteiger partial charge >= 0.3 is 6.03 Å². The Morgan fingerprint density at radius 3 is 2.64 bits per heavy atom. The van der Waals surface area contributed by atoms with Gasteiger partial charge in [0.15, 0.2) is 0 Å². The molecule has 1 saturated heterocycles. The zero-order chi connectivity index (χ0) is 17.3. The molecule has 2 amide bonds. The summed E-state index contributed by atoms with van der Waals surface area (Å²) in [5, 5.41) is 8.03.